The normalized spacial score (nSPS) is 18.9. The third-order valence-electron chi connectivity index (χ3n) is 4.84. The maximum atomic E-state index is 12.8. The lowest BCUT2D eigenvalue weighted by Crippen LogP contribution is -2.33. The monoisotopic (exact) mass is 365 g/mol. The predicted molar refractivity (Wildman–Crippen MR) is 92.8 cm³/mol. The molecular formula is C19H22F3N3O. The van der Waals surface area contributed by atoms with Crippen molar-refractivity contribution in [1.29, 1.82) is 0 Å². The van der Waals surface area contributed by atoms with Crippen molar-refractivity contribution in [1.82, 2.24) is 15.1 Å². The van der Waals surface area contributed by atoms with E-state index in [-0.39, 0.29) is 5.56 Å². The molecule has 1 aliphatic rings. The highest BCUT2D eigenvalue weighted by atomic mass is 19.4. The van der Waals surface area contributed by atoms with Gasteiger partial charge in [0.25, 0.3) is 0 Å². The lowest BCUT2D eigenvalue weighted by molar-refractivity contribution is -0.137. The molecular weight excluding hydrogens is 343 g/mol. The molecule has 0 bridgehead atoms. The summed E-state index contributed by atoms with van der Waals surface area (Å²) in [7, 11) is 2.11. The molecule has 0 radical (unpaired) electrons. The molecule has 140 valence electrons. The summed E-state index contributed by atoms with van der Waals surface area (Å²) >= 11 is 0. The number of benzene rings is 1. The maximum Gasteiger partial charge on any atom is 0.416 e. The van der Waals surface area contributed by atoms with E-state index >= 15 is 0 Å². The molecule has 3 rings (SSSR count). The second-order valence-corrected chi connectivity index (χ2v) is 7.07. The third kappa shape index (κ3) is 4.15. The van der Waals surface area contributed by atoms with Gasteiger partial charge in [-0.2, -0.15) is 23.4 Å². The Labute approximate surface area is 150 Å². The Morgan fingerprint density at radius 1 is 1.23 bits per heavy atom. The lowest BCUT2D eigenvalue weighted by atomic mass is 9.93. The minimum Gasteiger partial charge on any atom is -0.507 e. The fourth-order valence-electron chi connectivity index (χ4n) is 3.60. The van der Waals surface area contributed by atoms with Gasteiger partial charge in [0.15, 0.2) is 0 Å². The van der Waals surface area contributed by atoms with Gasteiger partial charge in [-0.1, -0.05) is 0 Å². The lowest BCUT2D eigenvalue weighted by Gasteiger charge is -2.29. The van der Waals surface area contributed by atoms with Crippen molar-refractivity contribution in [2.75, 3.05) is 20.1 Å². The molecule has 0 saturated carbocycles. The molecule has 1 aromatic heterocycles. The van der Waals surface area contributed by atoms with Crippen LogP contribution in [0.3, 0.4) is 0 Å². The van der Waals surface area contributed by atoms with Gasteiger partial charge < -0.3 is 10.0 Å². The number of piperidine rings is 1. The zero-order valence-electron chi connectivity index (χ0n) is 14.8. The summed E-state index contributed by atoms with van der Waals surface area (Å²) in [6, 6.07) is 5.30. The molecule has 2 aromatic rings. The highest BCUT2D eigenvalue weighted by Gasteiger charge is 2.32. The van der Waals surface area contributed by atoms with Gasteiger partial charge in [0.05, 0.1) is 17.0 Å². The Morgan fingerprint density at radius 2 is 2.00 bits per heavy atom. The Bertz CT molecular complexity index is 752. The zero-order chi connectivity index (χ0) is 18.9. The summed E-state index contributed by atoms with van der Waals surface area (Å²) < 4.78 is 38.5. The molecule has 1 aromatic carbocycles. The van der Waals surface area contributed by atoms with E-state index in [0.717, 1.165) is 43.8 Å². The quantitative estimate of drug-likeness (QED) is 0.891. The fourth-order valence-corrected chi connectivity index (χ4v) is 3.60. The van der Waals surface area contributed by atoms with Gasteiger partial charge in [0, 0.05) is 12.1 Å². The third-order valence-corrected chi connectivity index (χ3v) is 4.84. The minimum absolute atomic E-state index is 0.287. The number of aromatic nitrogens is 2. The molecule has 1 N–H and O–H groups in total. The molecule has 7 heteroatoms. The zero-order valence-corrected chi connectivity index (χ0v) is 14.8. The van der Waals surface area contributed by atoms with Crippen molar-refractivity contribution in [3.8, 4) is 17.0 Å². The van der Waals surface area contributed by atoms with Crippen LogP contribution >= 0.6 is 0 Å². The SMILES string of the molecule is Cc1cc(C(F)(F)F)cc(O)c1-c1ccc(C[C@@H]2CCCN(C)C2)nn1. The van der Waals surface area contributed by atoms with Crippen LogP contribution in [0.2, 0.25) is 0 Å². The Morgan fingerprint density at radius 3 is 2.58 bits per heavy atom. The number of alkyl halides is 3. The van der Waals surface area contributed by atoms with Crippen LogP contribution in [0.25, 0.3) is 11.3 Å². The summed E-state index contributed by atoms with van der Waals surface area (Å²) in [6.45, 7) is 3.67. The molecule has 0 spiro atoms. The fraction of sp³-hybridized carbons (Fsp3) is 0.474. The van der Waals surface area contributed by atoms with Gasteiger partial charge in [-0.05, 0) is 75.5 Å². The van der Waals surface area contributed by atoms with Crippen LogP contribution in [0, 0.1) is 12.8 Å². The molecule has 2 heterocycles. The average Bonchev–Trinajstić information content (AvgIpc) is 2.55. The highest BCUT2D eigenvalue weighted by Crippen LogP contribution is 2.38. The van der Waals surface area contributed by atoms with Gasteiger partial charge >= 0.3 is 6.18 Å². The van der Waals surface area contributed by atoms with Gasteiger partial charge in [0.2, 0.25) is 0 Å². The first-order valence-corrected chi connectivity index (χ1v) is 8.66. The number of phenols is 1. The van der Waals surface area contributed by atoms with Crippen LogP contribution in [0.1, 0.15) is 29.7 Å². The van der Waals surface area contributed by atoms with Gasteiger partial charge in [0.1, 0.15) is 5.75 Å². The van der Waals surface area contributed by atoms with E-state index in [9.17, 15) is 18.3 Å². The van der Waals surface area contributed by atoms with E-state index in [1.165, 1.54) is 13.3 Å². The van der Waals surface area contributed by atoms with Crippen molar-refractivity contribution in [2.45, 2.75) is 32.4 Å². The Balaban J connectivity index is 1.80. The Hall–Kier alpha value is -2.15. The van der Waals surface area contributed by atoms with Crippen molar-refractivity contribution in [2.24, 2.45) is 5.92 Å². The average molecular weight is 365 g/mol. The topological polar surface area (TPSA) is 49.2 Å². The van der Waals surface area contributed by atoms with Crippen molar-refractivity contribution in [3.05, 3.63) is 41.1 Å². The smallest absolute Gasteiger partial charge is 0.416 e. The molecule has 1 saturated heterocycles. The number of aromatic hydroxyl groups is 1. The summed E-state index contributed by atoms with van der Waals surface area (Å²) in [4.78, 5) is 2.31. The van der Waals surface area contributed by atoms with E-state index < -0.39 is 17.5 Å². The van der Waals surface area contributed by atoms with E-state index in [1.54, 1.807) is 6.07 Å². The molecule has 26 heavy (non-hydrogen) atoms. The van der Waals surface area contributed by atoms with Crippen molar-refractivity contribution >= 4 is 0 Å². The molecule has 1 fully saturated rings. The maximum absolute atomic E-state index is 12.8. The Kier molecular flexibility index (Phi) is 5.18. The number of nitrogens with zero attached hydrogens (tertiary/aromatic N) is 3. The van der Waals surface area contributed by atoms with Gasteiger partial charge in [-0.15, -0.1) is 0 Å². The van der Waals surface area contributed by atoms with Crippen molar-refractivity contribution in [3.63, 3.8) is 0 Å². The van der Waals surface area contributed by atoms with E-state index in [2.05, 4.69) is 22.1 Å². The molecule has 0 unspecified atom stereocenters. The molecule has 0 amide bonds. The number of likely N-dealkylation sites (tertiary alicyclic amines) is 1. The van der Waals surface area contributed by atoms with Gasteiger partial charge in [-0.3, -0.25) is 0 Å². The first-order chi connectivity index (χ1) is 12.2. The first kappa shape index (κ1) is 18.6. The molecule has 4 nitrogen and oxygen atoms in total. The molecule has 0 aliphatic carbocycles. The van der Waals surface area contributed by atoms with Gasteiger partial charge in [-0.25, -0.2) is 0 Å². The number of hydrogen-bond acceptors (Lipinski definition) is 4. The van der Waals surface area contributed by atoms with Crippen LogP contribution in [-0.2, 0) is 12.6 Å². The van der Waals surface area contributed by atoms with Crippen LogP contribution < -0.4 is 0 Å². The van der Waals surface area contributed by atoms with Crippen LogP contribution in [-0.4, -0.2) is 40.3 Å². The van der Waals surface area contributed by atoms with Crippen LogP contribution in [0.5, 0.6) is 5.75 Å². The first-order valence-electron chi connectivity index (χ1n) is 8.66. The standard InChI is InChI=1S/C19H22F3N3O/c1-12-8-14(19(20,21)22)10-17(26)18(12)16-6-5-15(23-24-16)9-13-4-3-7-25(2)11-13/h5-6,8,10,13,26H,3-4,7,9,11H2,1-2H3/t13-/m0/s1. The van der Waals surface area contributed by atoms with Crippen molar-refractivity contribution < 1.29 is 18.3 Å². The highest BCUT2D eigenvalue weighted by molar-refractivity contribution is 5.71. The predicted octanol–water partition coefficient (Wildman–Crippen LogP) is 4.06. The van der Waals surface area contributed by atoms with E-state index in [1.807, 2.05) is 6.07 Å². The second kappa shape index (κ2) is 7.23. The number of phenolic OH excluding ortho intramolecular Hbond substituents is 1. The number of hydrogen-bond donors (Lipinski definition) is 1. The second-order valence-electron chi connectivity index (χ2n) is 7.07. The van der Waals surface area contributed by atoms with E-state index in [4.69, 9.17) is 0 Å². The largest absolute Gasteiger partial charge is 0.507 e. The summed E-state index contributed by atoms with van der Waals surface area (Å²) in [5, 5.41) is 18.4. The summed E-state index contributed by atoms with van der Waals surface area (Å²) in [5.41, 5.74) is 0.960. The van der Waals surface area contributed by atoms with E-state index in [0.29, 0.717) is 17.2 Å². The van der Waals surface area contributed by atoms with Crippen LogP contribution in [0.15, 0.2) is 24.3 Å². The molecule has 1 aliphatic heterocycles. The summed E-state index contributed by atoms with van der Waals surface area (Å²) in [6.07, 6.45) is -1.34. The minimum atomic E-state index is -4.50. The summed E-state index contributed by atoms with van der Waals surface area (Å²) in [5.74, 6) is 0.100. The molecule has 1 atom stereocenters. The van der Waals surface area contributed by atoms with Crippen LogP contribution in [0.4, 0.5) is 13.2 Å². The number of aryl methyl sites for hydroxylation is 1. The number of halogens is 3. The number of rotatable bonds is 3.